The molecule has 96 valence electrons. The zero-order valence-electron chi connectivity index (χ0n) is 10.3. The normalized spacial score (nSPS) is 9.56. The molecule has 2 amide bonds. The summed E-state index contributed by atoms with van der Waals surface area (Å²) in [5.74, 6) is -1.21. The Balaban J connectivity index is 2.16. The molecule has 2 N–H and O–H groups in total. The molecule has 4 heteroatoms. The lowest BCUT2D eigenvalue weighted by molar-refractivity contribution is -0.139. The van der Waals surface area contributed by atoms with Gasteiger partial charge in [0.05, 0.1) is 0 Å². The van der Waals surface area contributed by atoms with Crippen LogP contribution in [0.15, 0.2) is 43.0 Å². The lowest BCUT2D eigenvalue weighted by Gasteiger charge is -2.05. The van der Waals surface area contributed by atoms with Gasteiger partial charge in [0.15, 0.2) is 0 Å². The van der Waals surface area contributed by atoms with Crippen LogP contribution in [0.3, 0.4) is 0 Å². The van der Waals surface area contributed by atoms with Crippen LogP contribution in [0.4, 0.5) is 0 Å². The standard InChI is InChI=1S/C14H18N2O2/c1-2-10-15-13(17)14(18)16-11-6-9-12-7-4-3-5-8-12/h2-5,7-8H,1,6,9-11H2,(H,15,17)(H,16,18). The third-order valence-corrected chi connectivity index (χ3v) is 2.38. The average Bonchev–Trinajstić information content (AvgIpc) is 2.41. The van der Waals surface area contributed by atoms with Crippen LogP contribution in [-0.4, -0.2) is 24.9 Å². The summed E-state index contributed by atoms with van der Waals surface area (Å²) in [4.78, 5) is 22.5. The van der Waals surface area contributed by atoms with Gasteiger partial charge in [-0.15, -0.1) is 6.58 Å². The molecule has 1 aromatic carbocycles. The van der Waals surface area contributed by atoms with E-state index in [2.05, 4.69) is 17.2 Å². The number of hydrogen-bond acceptors (Lipinski definition) is 2. The van der Waals surface area contributed by atoms with E-state index in [-0.39, 0.29) is 0 Å². The maximum absolute atomic E-state index is 11.3. The molecular weight excluding hydrogens is 228 g/mol. The van der Waals surface area contributed by atoms with Gasteiger partial charge in [-0.25, -0.2) is 0 Å². The summed E-state index contributed by atoms with van der Waals surface area (Å²) in [6, 6.07) is 10.0. The topological polar surface area (TPSA) is 58.2 Å². The largest absolute Gasteiger partial charge is 0.348 e. The van der Waals surface area contributed by atoms with Gasteiger partial charge in [0.1, 0.15) is 0 Å². The Bertz CT molecular complexity index is 402. The first-order valence-corrected chi connectivity index (χ1v) is 5.95. The van der Waals surface area contributed by atoms with Crippen molar-refractivity contribution >= 4 is 11.8 Å². The molecule has 0 unspecified atom stereocenters. The second kappa shape index (κ2) is 8.06. The van der Waals surface area contributed by atoms with Gasteiger partial charge in [0.25, 0.3) is 0 Å². The molecule has 0 spiro atoms. The molecule has 1 aromatic rings. The molecule has 1 rings (SSSR count). The fraction of sp³-hybridized carbons (Fsp3) is 0.286. The Morgan fingerprint density at radius 2 is 1.78 bits per heavy atom. The van der Waals surface area contributed by atoms with Crippen LogP contribution in [0, 0.1) is 0 Å². The molecule has 4 nitrogen and oxygen atoms in total. The van der Waals surface area contributed by atoms with Gasteiger partial charge < -0.3 is 10.6 Å². The molecule has 0 aliphatic carbocycles. The smallest absolute Gasteiger partial charge is 0.309 e. The van der Waals surface area contributed by atoms with Crippen molar-refractivity contribution in [1.82, 2.24) is 10.6 Å². The van der Waals surface area contributed by atoms with Gasteiger partial charge in [-0.3, -0.25) is 9.59 Å². The first kappa shape index (κ1) is 14.0. The van der Waals surface area contributed by atoms with E-state index in [0.717, 1.165) is 12.8 Å². The first-order valence-electron chi connectivity index (χ1n) is 5.95. The van der Waals surface area contributed by atoms with Gasteiger partial charge >= 0.3 is 11.8 Å². The molecule has 0 aromatic heterocycles. The predicted molar refractivity (Wildman–Crippen MR) is 71.0 cm³/mol. The fourth-order valence-electron chi connectivity index (χ4n) is 1.46. The van der Waals surface area contributed by atoms with Crippen LogP contribution in [-0.2, 0) is 16.0 Å². The molecule has 0 aliphatic heterocycles. The molecule has 0 atom stereocenters. The number of carbonyl (C=O) groups is 2. The minimum atomic E-state index is -0.616. The molecule has 0 bridgehead atoms. The van der Waals surface area contributed by atoms with E-state index in [4.69, 9.17) is 0 Å². The van der Waals surface area contributed by atoms with Crippen LogP contribution in [0.5, 0.6) is 0 Å². The van der Waals surface area contributed by atoms with Crippen molar-refractivity contribution in [3.8, 4) is 0 Å². The van der Waals surface area contributed by atoms with E-state index in [1.165, 1.54) is 11.6 Å². The summed E-state index contributed by atoms with van der Waals surface area (Å²) in [7, 11) is 0. The van der Waals surface area contributed by atoms with Gasteiger partial charge in [-0.2, -0.15) is 0 Å². The molecule has 0 fully saturated rings. The third kappa shape index (κ3) is 5.30. The third-order valence-electron chi connectivity index (χ3n) is 2.38. The maximum atomic E-state index is 11.3. The number of carbonyl (C=O) groups excluding carboxylic acids is 2. The number of amides is 2. The number of nitrogens with one attached hydrogen (secondary N) is 2. The predicted octanol–water partition coefficient (Wildman–Crippen LogP) is 1.04. The Labute approximate surface area is 107 Å². The number of rotatable bonds is 6. The van der Waals surface area contributed by atoms with Crippen LogP contribution < -0.4 is 10.6 Å². The molecule has 0 saturated heterocycles. The average molecular weight is 246 g/mol. The Morgan fingerprint density at radius 3 is 2.44 bits per heavy atom. The van der Waals surface area contributed by atoms with Crippen LogP contribution in [0.25, 0.3) is 0 Å². The lowest BCUT2D eigenvalue weighted by Crippen LogP contribution is -2.40. The van der Waals surface area contributed by atoms with Gasteiger partial charge in [0, 0.05) is 13.1 Å². The molecular formula is C14H18N2O2. The van der Waals surface area contributed by atoms with Gasteiger partial charge in [-0.05, 0) is 18.4 Å². The summed E-state index contributed by atoms with van der Waals surface area (Å²) >= 11 is 0. The maximum Gasteiger partial charge on any atom is 0.309 e. The van der Waals surface area contributed by atoms with E-state index in [1.54, 1.807) is 0 Å². The lowest BCUT2D eigenvalue weighted by atomic mass is 10.1. The molecule has 0 saturated carbocycles. The van der Waals surface area contributed by atoms with Crippen molar-refractivity contribution in [1.29, 1.82) is 0 Å². The molecule has 0 radical (unpaired) electrons. The highest BCUT2D eigenvalue weighted by molar-refractivity contribution is 6.35. The summed E-state index contributed by atoms with van der Waals surface area (Å²) in [6.07, 6.45) is 3.22. The van der Waals surface area contributed by atoms with E-state index < -0.39 is 11.8 Å². The molecule has 18 heavy (non-hydrogen) atoms. The highest BCUT2D eigenvalue weighted by Gasteiger charge is 2.10. The molecule has 0 heterocycles. The summed E-state index contributed by atoms with van der Waals surface area (Å²) in [6.45, 7) is 4.25. The number of benzene rings is 1. The quantitative estimate of drug-likeness (QED) is 0.447. The van der Waals surface area contributed by atoms with E-state index in [9.17, 15) is 9.59 Å². The number of hydrogen-bond donors (Lipinski definition) is 2. The summed E-state index contributed by atoms with van der Waals surface area (Å²) < 4.78 is 0. The second-order valence-electron chi connectivity index (χ2n) is 3.84. The van der Waals surface area contributed by atoms with Gasteiger partial charge in [-0.1, -0.05) is 36.4 Å². The minimum absolute atomic E-state index is 0.302. The van der Waals surface area contributed by atoms with Crippen molar-refractivity contribution < 1.29 is 9.59 Å². The van der Waals surface area contributed by atoms with Gasteiger partial charge in [0.2, 0.25) is 0 Å². The van der Waals surface area contributed by atoms with Crippen molar-refractivity contribution in [3.63, 3.8) is 0 Å². The zero-order chi connectivity index (χ0) is 13.2. The highest BCUT2D eigenvalue weighted by Crippen LogP contribution is 2.01. The van der Waals surface area contributed by atoms with Crippen molar-refractivity contribution in [2.45, 2.75) is 12.8 Å². The number of aryl methyl sites for hydroxylation is 1. The van der Waals surface area contributed by atoms with Crippen LogP contribution in [0.2, 0.25) is 0 Å². The summed E-state index contributed by atoms with van der Waals surface area (Å²) in [5.41, 5.74) is 1.22. The fourth-order valence-corrected chi connectivity index (χ4v) is 1.46. The van der Waals surface area contributed by atoms with E-state index >= 15 is 0 Å². The van der Waals surface area contributed by atoms with Crippen LogP contribution >= 0.6 is 0 Å². The monoisotopic (exact) mass is 246 g/mol. The summed E-state index contributed by atoms with van der Waals surface area (Å²) in [5, 5.41) is 5.00. The van der Waals surface area contributed by atoms with Crippen molar-refractivity contribution in [2.24, 2.45) is 0 Å². The zero-order valence-corrected chi connectivity index (χ0v) is 10.3. The van der Waals surface area contributed by atoms with Crippen molar-refractivity contribution in [2.75, 3.05) is 13.1 Å². The van der Waals surface area contributed by atoms with E-state index in [0.29, 0.717) is 13.1 Å². The minimum Gasteiger partial charge on any atom is -0.348 e. The second-order valence-corrected chi connectivity index (χ2v) is 3.84. The Kier molecular flexibility index (Phi) is 6.25. The van der Waals surface area contributed by atoms with E-state index in [1.807, 2.05) is 30.3 Å². The van der Waals surface area contributed by atoms with Crippen LogP contribution in [0.1, 0.15) is 12.0 Å². The Hall–Kier alpha value is -2.10. The van der Waals surface area contributed by atoms with Crippen molar-refractivity contribution in [3.05, 3.63) is 48.6 Å². The highest BCUT2D eigenvalue weighted by atomic mass is 16.2. The SMILES string of the molecule is C=CCNC(=O)C(=O)NCCCc1ccccc1. The Morgan fingerprint density at radius 1 is 1.11 bits per heavy atom. The first-order chi connectivity index (χ1) is 8.74. The molecule has 0 aliphatic rings.